The quantitative estimate of drug-likeness (QED) is 0.597. The Morgan fingerprint density at radius 2 is 2.18 bits per heavy atom. The van der Waals surface area contributed by atoms with E-state index in [0.29, 0.717) is 6.61 Å². The number of hydrogen-bond acceptors (Lipinski definition) is 2. The van der Waals surface area contributed by atoms with Gasteiger partial charge in [-0.2, -0.15) is 0 Å². The third-order valence-electron chi connectivity index (χ3n) is 1.03. The Labute approximate surface area is 79.1 Å². The molecule has 11 heavy (non-hydrogen) atoms. The zero-order valence-electron chi connectivity index (χ0n) is 5.75. The van der Waals surface area contributed by atoms with Gasteiger partial charge in [-0.15, -0.1) is 0 Å². The Kier molecular flexibility index (Phi) is 3.76. The van der Waals surface area contributed by atoms with E-state index in [2.05, 4.69) is 14.8 Å². The van der Waals surface area contributed by atoms with Gasteiger partial charge in [-0.1, -0.05) is 5.92 Å². The van der Waals surface area contributed by atoms with E-state index in [0.717, 1.165) is 5.75 Å². The van der Waals surface area contributed by atoms with Gasteiger partial charge in [-0.3, -0.25) is 4.98 Å². The smallest absolute Gasteiger partial charge is 0.149 e. The standard InChI is InChI=1S/C8H6INO/c9-4-1-7-11-8-2-5-10-6-3-8/h2-3,5-6H,7H2. The molecular formula is C8H6INO. The predicted octanol–water partition coefficient (Wildman–Crippen LogP) is 1.86. The van der Waals surface area contributed by atoms with Gasteiger partial charge in [-0.05, 0) is 16.1 Å². The summed E-state index contributed by atoms with van der Waals surface area (Å²) in [6.45, 7) is 0.437. The number of nitrogens with zero attached hydrogens (tertiary/aromatic N) is 1. The SMILES string of the molecule is IC#CCOc1ccncc1. The molecule has 0 fully saturated rings. The number of halogens is 1. The van der Waals surface area contributed by atoms with Crippen molar-refractivity contribution in [3.05, 3.63) is 24.5 Å². The Morgan fingerprint density at radius 3 is 2.82 bits per heavy atom. The molecule has 0 radical (unpaired) electrons. The molecule has 0 saturated carbocycles. The minimum Gasteiger partial charge on any atom is -0.481 e. The fourth-order valence-electron chi connectivity index (χ4n) is 0.581. The molecule has 1 rings (SSSR count). The third kappa shape index (κ3) is 3.23. The van der Waals surface area contributed by atoms with Crippen molar-refractivity contribution >= 4 is 22.6 Å². The van der Waals surface area contributed by atoms with Crippen LogP contribution >= 0.6 is 22.6 Å². The van der Waals surface area contributed by atoms with E-state index < -0.39 is 0 Å². The summed E-state index contributed by atoms with van der Waals surface area (Å²) in [5.41, 5.74) is 0. The van der Waals surface area contributed by atoms with Gasteiger partial charge in [0.2, 0.25) is 0 Å². The topological polar surface area (TPSA) is 22.1 Å². The highest BCUT2D eigenvalue weighted by Gasteiger charge is 1.86. The molecule has 0 bridgehead atoms. The summed E-state index contributed by atoms with van der Waals surface area (Å²) >= 11 is 1.98. The molecule has 56 valence electrons. The van der Waals surface area contributed by atoms with Crippen molar-refractivity contribution in [1.82, 2.24) is 4.98 Å². The van der Waals surface area contributed by atoms with E-state index >= 15 is 0 Å². The second-order valence-corrected chi connectivity index (χ2v) is 2.28. The summed E-state index contributed by atoms with van der Waals surface area (Å²) in [4.78, 5) is 3.86. The average Bonchev–Trinajstić information content (AvgIpc) is 2.07. The summed E-state index contributed by atoms with van der Waals surface area (Å²) in [7, 11) is 0. The minimum absolute atomic E-state index is 0.437. The highest BCUT2D eigenvalue weighted by Crippen LogP contribution is 2.05. The number of hydrogen-bond donors (Lipinski definition) is 0. The van der Waals surface area contributed by atoms with Crippen molar-refractivity contribution < 1.29 is 4.74 Å². The van der Waals surface area contributed by atoms with Gasteiger partial charge in [0.25, 0.3) is 0 Å². The van der Waals surface area contributed by atoms with Crippen LogP contribution in [0, 0.1) is 9.85 Å². The fraction of sp³-hybridized carbons (Fsp3) is 0.125. The number of rotatable bonds is 2. The van der Waals surface area contributed by atoms with Crippen molar-refractivity contribution in [3.63, 3.8) is 0 Å². The lowest BCUT2D eigenvalue weighted by molar-refractivity contribution is 0.370. The maximum absolute atomic E-state index is 5.23. The van der Waals surface area contributed by atoms with Gasteiger partial charge in [0, 0.05) is 35.0 Å². The molecule has 0 aromatic carbocycles. The Morgan fingerprint density at radius 1 is 1.45 bits per heavy atom. The van der Waals surface area contributed by atoms with Gasteiger partial charge in [0.05, 0.1) is 0 Å². The zero-order valence-corrected chi connectivity index (χ0v) is 7.91. The lowest BCUT2D eigenvalue weighted by Crippen LogP contribution is -1.92. The first-order chi connectivity index (χ1) is 5.43. The number of ether oxygens (including phenoxy) is 1. The molecule has 0 saturated heterocycles. The van der Waals surface area contributed by atoms with Crippen LogP contribution in [0.5, 0.6) is 5.75 Å². The van der Waals surface area contributed by atoms with E-state index in [9.17, 15) is 0 Å². The summed E-state index contributed by atoms with van der Waals surface area (Å²) in [5.74, 6) is 3.60. The predicted molar refractivity (Wildman–Crippen MR) is 51.5 cm³/mol. The molecule has 0 unspecified atom stereocenters. The summed E-state index contributed by atoms with van der Waals surface area (Å²) in [5, 5.41) is 0. The van der Waals surface area contributed by atoms with Crippen LogP contribution in [0.15, 0.2) is 24.5 Å². The van der Waals surface area contributed by atoms with E-state index in [-0.39, 0.29) is 0 Å². The Hall–Kier alpha value is -0.760. The van der Waals surface area contributed by atoms with Gasteiger partial charge in [0.1, 0.15) is 12.4 Å². The largest absolute Gasteiger partial charge is 0.481 e. The highest BCUT2D eigenvalue weighted by molar-refractivity contribution is 14.1. The molecule has 2 nitrogen and oxygen atoms in total. The lowest BCUT2D eigenvalue weighted by atomic mass is 10.4. The molecule has 1 aromatic heterocycles. The van der Waals surface area contributed by atoms with E-state index in [1.807, 2.05) is 22.6 Å². The van der Waals surface area contributed by atoms with Gasteiger partial charge >= 0.3 is 0 Å². The molecule has 0 aliphatic rings. The van der Waals surface area contributed by atoms with Crippen LogP contribution < -0.4 is 4.74 Å². The van der Waals surface area contributed by atoms with Gasteiger partial charge < -0.3 is 4.74 Å². The molecule has 0 amide bonds. The van der Waals surface area contributed by atoms with Crippen molar-refractivity contribution in [2.24, 2.45) is 0 Å². The first-order valence-corrected chi connectivity index (χ1v) is 4.12. The maximum Gasteiger partial charge on any atom is 0.149 e. The van der Waals surface area contributed by atoms with Crippen molar-refractivity contribution in [2.75, 3.05) is 6.61 Å². The average molecular weight is 259 g/mol. The molecular weight excluding hydrogens is 253 g/mol. The minimum atomic E-state index is 0.437. The van der Waals surface area contributed by atoms with E-state index in [1.165, 1.54) is 0 Å². The summed E-state index contributed by atoms with van der Waals surface area (Å²) < 4.78 is 7.95. The molecule has 0 aliphatic carbocycles. The zero-order chi connectivity index (χ0) is 7.94. The second-order valence-electron chi connectivity index (χ2n) is 1.74. The van der Waals surface area contributed by atoms with Gasteiger partial charge in [0.15, 0.2) is 0 Å². The lowest BCUT2D eigenvalue weighted by Gasteiger charge is -1.98. The molecule has 1 aromatic rings. The molecule has 0 N–H and O–H groups in total. The van der Waals surface area contributed by atoms with Crippen molar-refractivity contribution in [1.29, 1.82) is 0 Å². The third-order valence-corrected chi connectivity index (χ3v) is 1.41. The van der Waals surface area contributed by atoms with E-state index in [4.69, 9.17) is 4.74 Å². The molecule has 0 spiro atoms. The van der Waals surface area contributed by atoms with Crippen LogP contribution in [0.4, 0.5) is 0 Å². The number of pyridine rings is 1. The maximum atomic E-state index is 5.23. The van der Waals surface area contributed by atoms with Crippen LogP contribution in [0.1, 0.15) is 0 Å². The first kappa shape index (κ1) is 8.34. The second kappa shape index (κ2) is 4.97. The van der Waals surface area contributed by atoms with E-state index in [1.54, 1.807) is 24.5 Å². The monoisotopic (exact) mass is 259 g/mol. The van der Waals surface area contributed by atoms with Crippen LogP contribution in [0.25, 0.3) is 0 Å². The Bertz CT molecular complexity index is 262. The molecule has 1 heterocycles. The first-order valence-electron chi connectivity index (χ1n) is 3.05. The van der Waals surface area contributed by atoms with Crippen LogP contribution in [0.3, 0.4) is 0 Å². The molecule has 0 atom stereocenters. The van der Waals surface area contributed by atoms with Crippen molar-refractivity contribution in [3.8, 4) is 15.6 Å². The highest BCUT2D eigenvalue weighted by atomic mass is 127. The van der Waals surface area contributed by atoms with Gasteiger partial charge in [-0.25, -0.2) is 0 Å². The fourth-order valence-corrected chi connectivity index (χ4v) is 0.737. The van der Waals surface area contributed by atoms with Crippen LogP contribution in [0.2, 0.25) is 0 Å². The summed E-state index contributed by atoms with van der Waals surface area (Å²) in [6, 6.07) is 3.60. The van der Waals surface area contributed by atoms with Crippen LogP contribution in [-0.2, 0) is 0 Å². The number of aromatic nitrogens is 1. The van der Waals surface area contributed by atoms with Crippen molar-refractivity contribution in [2.45, 2.75) is 0 Å². The normalized spacial score (nSPS) is 8.09. The Balaban J connectivity index is 2.43. The molecule has 3 heteroatoms. The summed E-state index contributed by atoms with van der Waals surface area (Å²) in [6.07, 6.45) is 3.37. The van der Waals surface area contributed by atoms with Crippen LogP contribution in [-0.4, -0.2) is 11.6 Å². The molecule has 0 aliphatic heterocycles.